The second-order valence-electron chi connectivity index (χ2n) is 7.60. The molecule has 4 rings (SSSR count). The lowest BCUT2D eigenvalue weighted by molar-refractivity contribution is 0.0954. The Bertz CT molecular complexity index is 975. The Hall–Kier alpha value is -2.33. The molecule has 28 heavy (non-hydrogen) atoms. The SMILES string of the molecule is CC1=Nc2cc(C(=O)NCCC3=CCCCC3)ccc2Sc2ccc(C)cc21. The molecule has 1 heterocycles. The van der Waals surface area contributed by atoms with Gasteiger partial charge in [0.25, 0.3) is 5.91 Å². The predicted molar refractivity (Wildman–Crippen MR) is 117 cm³/mol. The van der Waals surface area contributed by atoms with Crippen LogP contribution in [0.5, 0.6) is 0 Å². The first kappa shape index (κ1) is 19.0. The van der Waals surface area contributed by atoms with Crippen LogP contribution in [0.25, 0.3) is 0 Å². The van der Waals surface area contributed by atoms with E-state index in [1.807, 2.05) is 25.1 Å². The molecule has 0 unspecified atom stereocenters. The maximum absolute atomic E-state index is 12.6. The van der Waals surface area contributed by atoms with Gasteiger partial charge in [-0.1, -0.05) is 35.0 Å². The van der Waals surface area contributed by atoms with Gasteiger partial charge in [-0.3, -0.25) is 9.79 Å². The minimum atomic E-state index is -0.0188. The lowest BCUT2D eigenvalue weighted by Crippen LogP contribution is -2.24. The van der Waals surface area contributed by atoms with Crippen LogP contribution in [0.4, 0.5) is 5.69 Å². The fourth-order valence-corrected chi connectivity index (χ4v) is 4.81. The van der Waals surface area contributed by atoms with Crippen molar-refractivity contribution >= 4 is 29.1 Å². The maximum atomic E-state index is 12.6. The number of hydrogen-bond donors (Lipinski definition) is 1. The van der Waals surface area contributed by atoms with Crippen molar-refractivity contribution in [2.24, 2.45) is 4.99 Å². The number of fused-ring (bicyclic) bond motifs is 2. The molecule has 3 nitrogen and oxygen atoms in total. The highest BCUT2D eigenvalue weighted by atomic mass is 32.2. The summed E-state index contributed by atoms with van der Waals surface area (Å²) in [6, 6.07) is 12.3. The molecule has 4 heteroatoms. The normalized spacial score (nSPS) is 15.6. The lowest BCUT2D eigenvalue weighted by atomic mass is 9.97. The molecule has 144 valence electrons. The van der Waals surface area contributed by atoms with Crippen LogP contribution in [0, 0.1) is 6.92 Å². The van der Waals surface area contributed by atoms with Crippen LogP contribution in [-0.4, -0.2) is 18.2 Å². The van der Waals surface area contributed by atoms with E-state index in [-0.39, 0.29) is 5.91 Å². The summed E-state index contributed by atoms with van der Waals surface area (Å²) in [7, 11) is 0. The first-order valence-electron chi connectivity index (χ1n) is 10.0. The standard InChI is InChI=1S/C24H26N2OS/c1-16-8-10-22-20(14-16)17(2)26-21-15-19(9-11-23(21)28-22)24(27)25-13-12-18-6-4-3-5-7-18/h6,8-11,14-15H,3-5,7,12-13H2,1-2H3,(H,25,27). The minimum absolute atomic E-state index is 0.0188. The molecule has 0 spiro atoms. The molecule has 2 aromatic carbocycles. The zero-order valence-electron chi connectivity index (χ0n) is 16.5. The van der Waals surface area contributed by atoms with E-state index in [0.29, 0.717) is 12.1 Å². The van der Waals surface area contributed by atoms with Crippen molar-refractivity contribution in [1.82, 2.24) is 5.32 Å². The molecule has 0 bridgehead atoms. The molecule has 0 fully saturated rings. The summed E-state index contributed by atoms with van der Waals surface area (Å²) in [5.74, 6) is -0.0188. The van der Waals surface area contributed by atoms with Crippen molar-refractivity contribution < 1.29 is 4.79 Å². The van der Waals surface area contributed by atoms with Gasteiger partial charge in [0.1, 0.15) is 0 Å². The van der Waals surface area contributed by atoms with E-state index < -0.39 is 0 Å². The van der Waals surface area contributed by atoms with Crippen molar-refractivity contribution in [2.75, 3.05) is 6.54 Å². The highest BCUT2D eigenvalue weighted by molar-refractivity contribution is 7.99. The second-order valence-corrected chi connectivity index (χ2v) is 8.68. The molecule has 1 amide bonds. The van der Waals surface area contributed by atoms with Gasteiger partial charge in [-0.05, 0) is 76.3 Å². The summed E-state index contributed by atoms with van der Waals surface area (Å²) in [5, 5.41) is 3.07. The number of benzene rings is 2. The summed E-state index contributed by atoms with van der Waals surface area (Å²) in [6.07, 6.45) is 8.24. The zero-order chi connectivity index (χ0) is 19.5. The molecule has 1 N–H and O–H groups in total. The zero-order valence-corrected chi connectivity index (χ0v) is 17.4. The van der Waals surface area contributed by atoms with Crippen molar-refractivity contribution in [3.63, 3.8) is 0 Å². The number of nitrogens with zero attached hydrogens (tertiary/aromatic N) is 1. The Labute approximate surface area is 171 Å². The van der Waals surface area contributed by atoms with E-state index >= 15 is 0 Å². The van der Waals surface area contributed by atoms with Crippen LogP contribution in [0.15, 0.2) is 62.8 Å². The number of nitrogens with one attached hydrogen (secondary N) is 1. The Morgan fingerprint density at radius 1 is 1.11 bits per heavy atom. The first-order chi connectivity index (χ1) is 13.6. The molecular formula is C24H26N2OS. The number of carbonyl (C=O) groups is 1. The number of amides is 1. The number of hydrogen-bond acceptors (Lipinski definition) is 3. The number of rotatable bonds is 4. The van der Waals surface area contributed by atoms with Crippen LogP contribution in [-0.2, 0) is 0 Å². The summed E-state index contributed by atoms with van der Waals surface area (Å²) >= 11 is 1.72. The molecule has 0 saturated heterocycles. The summed E-state index contributed by atoms with van der Waals surface area (Å²) < 4.78 is 0. The maximum Gasteiger partial charge on any atom is 0.251 e. The third-order valence-electron chi connectivity index (χ3n) is 5.37. The third-order valence-corrected chi connectivity index (χ3v) is 6.51. The van der Waals surface area contributed by atoms with Crippen molar-refractivity contribution in [1.29, 1.82) is 0 Å². The first-order valence-corrected chi connectivity index (χ1v) is 10.9. The average Bonchev–Trinajstić information content (AvgIpc) is 2.84. The van der Waals surface area contributed by atoms with E-state index in [1.165, 1.54) is 47.3 Å². The van der Waals surface area contributed by atoms with E-state index in [4.69, 9.17) is 4.99 Å². The largest absolute Gasteiger partial charge is 0.352 e. The van der Waals surface area contributed by atoms with E-state index in [9.17, 15) is 4.79 Å². The Balaban J connectivity index is 1.49. The van der Waals surface area contributed by atoms with E-state index in [1.54, 1.807) is 11.8 Å². The lowest BCUT2D eigenvalue weighted by Gasteiger charge is -2.13. The summed E-state index contributed by atoms with van der Waals surface area (Å²) in [5.41, 5.74) is 6.43. The van der Waals surface area contributed by atoms with Gasteiger partial charge in [0.05, 0.1) is 5.69 Å². The summed E-state index contributed by atoms with van der Waals surface area (Å²) in [6.45, 7) is 4.84. The number of aryl methyl sites for hydroxylation is 1. The van der Waals surface area contributed by atoms with Gasteiger partial charge in [-0.25, -0.2) is 0 Å². The van der Waals surface area contributed by atoms with Crippen LogP contribution < -0.4 is 5.32 Å². The fourth-order valence-electron chi connectivity index (χ4n) is 3.78. The van der Waals surface area contributed by atoms with Crippen molar-refractivity contribution in [3.8, 4) is 0 Å². The number of aliphatic imine (C=N–C) groups is 1. The smallest absolute Gasteiger partial charge is 0.251 e. The molecule has 0 saturated carbocycles. The van der Waals surface area contributed by atoms with Crippen molar-refractivity contribution in [3.05, 3.63) is 64.7 Å². The average molecular weight is 391 g/mol. The molecule has 2 aromatic rings. The Morgan fingerprint density at radius 3 is 2.79 bits per heavy atom. The van der Waals surface area contributed by atoms with Crippen LogP contribution in [0.1, 0.15) is 60.5 Å². The summed E-state index contributed by atoms with van der Waals surface area (Å²) in [4.78, 5) is 19.7. The molecule has 1 aliphatic carbocycles. The minimum Gasteiger partial charge on any atom is -0.352 e. The van der Waals surface area contributed by atoms with Gasteiger partial charge in [-0.15, -0.1) is 0 Å². The topological polar surface area (TPSA) is 41.5 Å². The number of allylic oxidation sites excluding steroid dienone is 1. The molecule has 2 aliphatic rings. The van der Waals surface area contributed by atoms with Gasteiger partial charge >= 0.3 is 0 Å². The quantitative estimate of drug-likeness (QED) is 0.630. The van der Waals surface area contributed by atoms with Crippen LogP contribution >= 0.6 is 11.8 Å². The van der Waals surface area contributed by atoms with E-state index in [0.717, 1.165) is 22.7 Å². The molecular weight excluding hydrogens is 364 g/mol. The Morgan fingerprint density at radius 2 is 1.96 bits per heavy atom. The van der Waals surface area contributed by atoms with Crippen LogP contribution in [0.2, 0.25) is 0 Å². The Kier molecular flexibility index (Phi) is 5.67. The monoisotopic (exact) mass is 390 g/mol. The second kappa shape index (κ2) is 8.36. The highest BCUT2D eigenvalue weighted by Gasteiger charge is 2.17. The molecule has 0 aromatic heterocycles. The van der Waals surface area contributed by atoms with Gasteiger partial charge in [0, 0.05) is 33.2 Å². The van der Waals surface area contributed by atoms with Gasteiger partial charge in [0.2, 0.25) is 0 Å². The van der Waals surface area contributed by atoms with Crippen molar-refractivity contribution in [2.45, 2.75) is 55.7 Å². The molecule has 1 aliphatic heterocycles. The van der Waals surface area contributed by atoms with E-state index in [2.05, 4.69) is 36.5 Å². The van der Waals surface area contributed by atoms with Gasteiger partial charge < -0.3 is 5.32 Å². The predicted octanol–water partition coefficient (Wildman–Crippen LogP) is 6.22. The molecule has 0 atom stereocenters. The number of carbonyl (C=O) groups excluding carboxylic acids is 1. The van der Waals surface area contributed by atoms with Gasteiger partial charge in [-0.2, -0.15) is 0 Å². The third kappa shape index (κ3) is 4.22. The van der Waals surface area contributed by atoms with Crippen LogP contribution in [0.3, 0.4) is 0 Å². The molecule has 0 radical (unpaired) electrons. The van der Waals surface area contributed by atoms with Gasteiger partial charge in [0.15, 0.2) is 0 Å². The fraction of sp³-hybridized carbons (Fsp3) is 0.333. The highest BCUT2D eigenvalue weighted by Crippen LogP contribution is 2.40.